The second-order valence-electron chi connectivity index (χ2n) is 4.54. The molecule has 0 aliphatic heterocycles. The molecule has 0 bridgehead atoms. The van der Waals surface area contributed by atoms with Gasteiger partial charge in [0.25, 0.3) is 5.91 Å². The molecule has 0 heterocycles. The summed E-state index contributed by atoms with van der Waals surface area (Å²) in [5.74, 6) is -0.700. The van der Waals surface area contributed by atoms with Gasteiger partial charge in [0.2, 0.25) is 0 Å². The SMILES string of the molecule is CCCCNC(=O)C(C#N)=Cc1cccc(OC)c1OC(F)F. The Balaban J connectivity index is 3.12. The van der Waals surface area contributed by atoms with Gasteiger partial charge in [0.1, 0.15) is 11.6 Å². The van der Waals surface area contributed by atoms with Crippen molar-refractivity contribution in [1.29, 1.82) is 5.26 Å². The van der Waals surface area contributed by atoms with Gasteiger partial charge in [-0.2, -0.15) is 14.0 Å². The number of carbonyl (C=O) groups excluding carboxylic acids is 1. The van der Waals surface area contributed by atoms with Gasteiger partial charge in [-0.15, -0.1) is 0 Å². The van der Waals surface area contributed by atoms with Crippen molar-refractivity contribution in [2.45, 2.75) is 26.4 Å². The van der Waals surface area contributed by atoms with Gasteiger partial charge >= 0.3 is 6.61 Å². The Bertz CT molecular complexity index is 610. The van der Waals surface area contributed by atoms with Crippen molar-refractivity contribution < 1.29 is 23.0 Å². The van der Waals surface area contributed by atoms with Gasteiger partial charge in [0.05, 0.1) is 7.11 Å². The second kappa shape index (κ2) is 9.41. The molecule has 0 unspecified atom stereocenters. The van der Waals surface area contributed by atoms with Crippen molar-refractivity contribution in [3.63, 3.8) is 0 Å². The highest BCUT2D eigenvalue weighted by molar-refractivity contribution is 6.02. The first-order chi connectivity index (χ1) is 11.0. The van der Waals surface area contributed by atoms with E-state index in [1.165, 1.54) is 25.3 Å². The lowest BCUT2D eigenvalue weighted by atomic mass is 10.1. The van der Waals surface area contributed by atoms with E-state index in [1.807, 2.05) is 6.92 Å². The van der Waals surface area contributed by atoms with E-state index in [0.29, 0.717) is 6.54 Å². The standard InChI is InChI=1S/C16H18F2N2O3/c1-3-4-8-20-15(21)12(10-19)9-11-6-5-7-13(22-2)14(11)23-16(17)18/h5-7,9,16H,3-4,8H2,1-2H3,(H,20,21). The topological polar surface area (TPSA) is 71.4 Å². The Morgan fingerprint density at radius 2 is 2.22 bits per heavy atom. The van der Waals surface area contributed by atoms with E-state index in [9.17, 15) is 13.6 Å². The van der Waals surface area contributed by atoms with E-state index in [2.05, 4.69) is 10.1 Å². The highest BCUT2D eigenvalue weighted by atomic mass is 19.3. The monoisotopic (exact) mass is 324 g/mol. The predicted molar refractivity (Wildman–Crippen MR) is 81.1 cm³/mol. The molecule has 124 valence electrons. The zero-order valence-electron chi connectivity index (χ0n) is 12.9. The first-order valence-electron chi connectivity index (χ1n) is 7.05. The average Bonchev–Trinajstić information content (AvgIpc) is 2.53. The van der Waals surface area contributed by atoms with E-state index in [1.54, 1.807) is 12.1 Å². The zero-order valence-corrected chi connectivity index (χ0v) is 12.9. The summed E-state index contributed by atoms with van der Waals surface area (Å²) in [5.41, 5.74) is -0.0414. The summed E-state index contributed by atoms with van der Waals surface area (Å²) in [4.78, 5) is 11.9. The van der Waals surface area contributed by atoms with Gasteiger partial charge in [-0.25, -0.2) is 0 Å². The van der Waals surface area contributed by atoms with Gasteiger partial charge in [0, 0.05) is 12.1 Å². The molecule has 1 aromatic rings. The Labute approximate surface area is 133 Å². The van der Waals surface area contributed by atoms with Gasteiger partial charge in [-0.3, -0.25) is 4.79 Å². The van der Waals surface area contributed by atoms with Crippen LogP contribution >= 0.6 is 0 Å². The average molecular weight is 324 g/mol. The van der Waals surface area contributed by atoms with E-state index < -0.39 is 12.5 Å². The van der Waals surface area contributed by atoms with Crippen LogP contribution in [0.5, 0.6) is 11.5 Å². The zero-order chi connectivity index (χ0) is 17.2. The third-order valence-electron chi connectivity index (χ3n) is 2.92. The summed E-state index contributed by atoms with van der Waals surface area (Å²) >= 11 is 0. The van der Waals surface area contributed by atoms with Crippen LogP contribution in [-0.4, -0.2) is 26.2 Å². The van der Waals surface area contributed by atoms with Crippen LogP contribution in [0, 0.1) is 11.3 Å². The number of benzene rings is 1. The quantitative estimate of drug-likeness (QED) is 0.453. The smallest absolute Gasteiger partial charge is 0.387 e. The fraction of sp³-hybridized carbons (Fsp3) is 0.375. The normalized spacial score (nSPS) is 11.0. The van der Waals surface area contributed by atoms with Crippen LogP contribution in [0.15, 0.2) is 23.8 Å². The van der Waals surface area contributed by atoms with E-state index >= 15 is 0 Å². The molecule has 0 radical (unpaired) electrons. The number of halogens is 2. The second-order valence-corrected chi connectivity index (χ2v) is 4.54. The number of amides is 1. The van der Waals surface area contributed by atoms with Gasteiger partial charge in [-0.05, 0) is 18.6 Å². The largest absolute Gasteiger partial charge is 0.493 e. The number of alkyl halides is 2. The van der Waals surface area contributed by atoms with Crippen molar-refractivity contribution in [3.05, 3.63) is 29.3 Å². The number of unbranched alkanes of at least 4 members (excludes halogenated alkanes) is 1. The molecule has 1 rings (SSSR count). The van der Waals surface area contributed by atoms with Crippen LogP contribution in [0.25, 0.3) is 6.08 Å². The van der Waals surface area contributed by atoms with Gasteiger partial charge in [-0.1, -0.05) is 25.5 Å². The summed E-state index contributed by atoms with van der Waals surface area (Å²) in [7, 11) is 1.31. The first-order valence-corrected chi connectivity index (χ1v) is 7.05. The molecule has 0 aliphatic carbocycles. The number of hydrogen-bond donors (Lipinski definition) is 1. The minimum absolute atomic E-state index is 0.0859. The Morgan fingerprint density at radius 3 is 2.78 bits per heavy atom. The maximum atomic E-state index is 12.6. The number of ether oxygens (including phenoxy) is 2. The highest BCUT2D eigenvalue weighted by Crippen LogP contribution is 2.33. The first kappa shape index (κ1) is 18.4. The Kier molecular flexibility index (Phi) is 7.54. The molecule has 0 saturated carbocycles. The van der Waals surface area contributed by atoms with E-state index in [4.69, 9.17) is 10.00 Å². The van der Waals surface area contributed by atoms with Gasteiger partial charge in [0.15, 0.2) is 11.5 Å². The third-order valence-corrected chi connectivity index (χ3v) is 2.92. The number of nitrogens with zero attached hydrogens (tertiary/aromatic N) is 1. The maximum absolute atomic E-state index is 12.6. The molecule has 23 heavy (non-hydrogen) atoms. The number of nitriles is 1. The van der Waals surface area contributed by atoms with Crippen molar-refractivity contribution >= 4 is 12.0 Å². The molecular weight excluding hydrogens is 306 g/mol. The molecule has 1 aromatic carbocycles. The predicted octanol–water partition coefficient (Wildman–Crippen LogP) is 3.12. The van der Waals surface area contributed by atoms with Crippen LogP contribution < -0.4 is 14.8 Å². The lowest BCUT2D eigenvalue weighted by Gasteiger charge is -2.12. The molecule has 0 aliphatic rings. The number of methoxy groups -OCH3 is 1. The third kappa shape index (κ3) is 5.58. The fourth-order valence-corrected chi connectivity index (χ4v) is 1.80. The summed E-state index contributed by atoms with van der Waals surface area (Å²) in [6.45, 7) is -0.646. The van der Waals surface area contributed by atoms with Crippen LogP contribution in [0.4, 0.5) is 8.78 Å². The van der Waals surface area contributed by atoms with Crippen LogP contribution in [-0.2, 0) is 4.79 Å². The lowest BCUT2D eigenvalue weighted by molar-refractivity contribution is -0.117. The van der Waals surface area contributed by atoms with Crippen LogP contribution in [0.1, 0.15) is 25.3 Å². The molecule has 0 saturated heterocycles. The molecule has 0 spiro atoms. The summed E-state index contributed by atoms with van der Waals surface area (Å²) in [5, 5.41) is 11.7. The molecule has 7 heteroatoms. The van der Waals surface area contributed by atoms with Crippen molar-refractivity contribution in [3.8, 4) is 17.6 Å². The van der Waals surface area contributed by atoms with Crippen molar-refractivity contribution in [2.24, 2.45) is 0 Å². The lowest BCUT2D eigenvalue weighted by Crippen LogP contribution is -2.25. The fourth-order valence-electron chi connectivity index (χ4n) is 1.80. The summed E-state index contributed by atoms with van der Waals surface area (Å²) in [6.07, 6.45) is 2.87. The number of para-hydroxylation sites is 1. The number of rotatable bonds is 8. The van der Waals surface area contributed by atoms with E-state index in [-0.39, 0.29) is 22.6 Å². The molecule has 0 aromatic heterocycles. The molecule has 5 nitrogen and oxygen atoms in total. The molecule has 0 atom stereocenters. The Hall–Kier alpha value is -2.62. The van der Waals surface area contributed by atoms with Crippen molar-refractivity contribution in [2.75, 3.05) is 13.7 Å². The maximum Gasteiger partial charge on any atom is 0.387 e. The summed E-state index contributed by atoms with van der Waals surface area (Å²) in [6, 6.07) is 6.21. The van der Waals surface area contributed by atoms with E-state index in [0.717, 1.165) is 12.8 Å². The minimum atomic E-state index is -3.05. The molecule has 0 fully saturated rings. The number of nitrogens with one attached hydrogen (secondary N) is 1. The van der Waals surface area contributed by atoms with Crippen LogP contribution in [0.2, 0.25) is 0 Å². The molecule has 1 amide bonds. The van der Waals surface area contributed by atoms with Crippen molar-refractivity contribution in [1.82, 2.24) is 5.32 Å². The Morgan fingerprint density at radius 1 is 1.48 bits per heavy atom. The number of hydrogen-bond acceptors (Lipinski definition) is 4. The highest BCUT2D eigenvalue weighted by Gasteiger charge is 2.16. The number of carbonyl (C=O) groups is 1. The molecule has 1 N–H and O–H groups in total. The van der Waals surface area contributed by atoms with Gasteiger partial charge < -0.3 is 14.8 Å². The minimum Gasteiger partial charge on any atom is -0.493 e. The van der Waals surface area contributed by atoms with Crippen LogP contribution in [0.3, 0.4) is 0 Å². The summed E-state index contributed by atoms with van der Waals surface area (Å²) < 4.78 is 34.5. The molecular formula is C16H18F2N2O3.